The molecule has 1 unspecified atom stereocenters. The Morgan fingerprint density at radius 3 is 2.59 bits per heavy atom. The molecule has 1 aromatic rings. The van der Waals surface area contributed by atoms with Gasteiger partial charge in [0.1, 0.15) is 11.9 Å². The number of halogens is 1. The first-order valence-electron chi connectivity index (χ1n) is 10.8. The summed E-state index contributed by atoms with van der Waals surface area (Å²) >= 11 is 0. The minimum atomic E-state index is -0.251. The Bertz CT molecular complexity index is 751. The maximum atomic E-state index is 14.3. The molecular weight excluding hydrogens is 371 g/mol. The van der Waals surface area contributed by atoms with E-state index in [-0.39, 0.29) is 23.2 Å². The minimum Gasteiger partial charge on any atom is -0.368 e. The van der Waals surface area contributed by atoms with Crippen molar-refractivity contribution in [2.45, 2.75) is 44.1 Å². The number of nitrogens with one attached hydrogen (secondary N) is 1. The molecule has 6 nitrogen and oxygen atoms in total. The van der Waals surface area contributed by atoms with Gasteiger partial charge in [0, 0.05) is 44.7 Å². The van der Waals surface area contributed by atoms with Gasteiger partial charge in [-0.05, 0) is 44.2 Å². The molecule has 2 aliphatic heterocycles. The van der Waals surface area contributed by atoms with Gasteiger partial charge in [-0.2, -0.15) is 0 Å². The van der Waals surface area contributed by atoms with Crippen LogP contribution in [0.4, 0.5) is 4.39 Å². The van der Waals surface area contributed by atoms with E-state index >= 15 is 0 Å². The summed E-state index contributed by atoms with van der Waals surface area (Å²) in [7, 11) is 0. The van der Waals surface area contributed by atoms with E-state index in [1.54, 1.807) is 6.07 Å². The second-order valence-electron chi connectivity index (χ2n) is 8.24. The van der Waals surface area contributed by atoms with Gasteiger partial charge in [-0.3, -0.25) is 9.79 Å². The highest BCUT2D eigenvalue weighted by Crippen LogP contribution is 2.49. The lowest BCUT2D eigenvalue weighted by Crippen LogP contribution is -2.55. The third-order valence-corrected chi connectivity index (χ3v) is 6.26. The van der Waals surface area contributed by atoms with Crippen molar-refractivity contribution in [2.75, 3.05) is 45.9 Å². The van der Waals surface area contributed by atoms with E-state index in [0.717, 1.165) is 56.8 Å². The van der Waals surface area contributed by atoms with Crippen LogP contribution in [0.15, 0.2) is 29.3 Å². The Hall–Kier alpha value is -2.15. The molecule has 2 saturated heterocycles. The van der Waals surface area contributed by atoms with Gasteiger partial charge in [-0.1, -0.05) is 18.2 Å². The SMILES string of the molecule is CCNC(=NCC1(c2ccccc2F)CC1)N1CCN(C(=O)C2CCCO2)CC1. The molecular formula is C22H31FN4O2. The summed E-state index contributed by atoms with van der Waals surface area (Å²) in [6.45, 7) is 6.97. The fraction of sp³-hybridized carbons (Fsp3) is 0.636. The maximum Gasteiger partial charge on any atom is 0.251 e. The summed E-state index contributed by atoms with van der Waals surface area (Å²) in [5, 5.41) is 3.37. The van der Waals surface area contributed by atoms with E-state index in [1.807, 2.05) is 17.0 Å². The zero-order valence-electron chi connectivity index (χ0n) is 17.2. The van der Waals surface area contributed by atoms with Gasteiger partial charge in [-0.15, -0.1) is 0 Å². The van der Waals surface area contributed by atoms with E-state index in [9.17, 15) is 9.18 Å². The van der Waals surface area contributed by atoms with Crippen molar-refractivity contribution in [1.29, 1.82) is 0 Å². The third kappa shape index (κ3) is 4.39. The quantitative estimate of drug-likeness (QED) is 0.606. The van der Waals surface area contributed by atoms with Crippen molar-refractivity contribution in [1.82, 2.24) is 15.1 Å². The summed E-state index contributed by atoms with van der Waals surface area (Å²) in [4.78, 5) is 21.6. The van der Waals surface area contributed by atoms with Gasteiger partial charge in [0.05, 0.1) is 6.54 Å². The molecule has 3 fully saturated rings. The van der Waals surface area contributed by atoms with Crippen LogP contribution in [0.5, 0.6) is 0 Å². The van der Waals surface area contributed by atoms with E-state index in [4.69, 9.17) is 9.73 Å². The molecule has 0 radical (unpaired) electrons. The molecule has 1 aromatic carbocycles. The molecule has 1 N–H and O–H groups in total. The molecule has 0 bridgehead atoms. The van der Waals surface area contributed by atoms with Gasteiger partial charge in [0.2, 0.25) is 0 Å². The molecule has 1 amide bonds. The Morgan fingerprint density at radius 2 is 1.97 bits per heavy atom. The van der Waals surface area contributed by atoms with Crippen LogP contribution in [0.3, 0.4) is 0 Å². The number of carbonyl (C=O) groups is 1. The molecule has 3 aliphatic rings. The van der Waals surface area contributed by atoms with Crippen molar-refractivity contribution in [3.8, 4) is 0 Å². The highest BCUT2D eigenvalue weighted by atomic mass is 19.1. The zero-order valence-corrected chi connectivity index (χ0v) is 17.2. The van der Waals surface area contributed by atoms with E-state index in [1.165, 1.54) is 6.07 Å². The van der Waals surface area contributed by atoms with Crippen LogP contribution in [-0.4, -0.2) is 73.6 Å². The van der Waals surface area contributed by atoms with E-state index in [2.05, 4.69) is 17.1 Å². The van der Waals surface area contributed by atoms with Crippen molar-refractivity contribution in [3.63, 3.8) is 0 Å². The number of guanidine groups is 1. The average molecular weight is 403 g/mol. The lowest BCUT2D eigenvalue weighted by molar-refractivity contribution is -0.142. The number of rotatable bonds is 5. The maximum absolute atomic E-state index is 14.3. The lowest BCUT2D eigenvalue weighted by Gasteiger charge is -2.37. The third-order valence-electron chi connectivity index (χ3n) is 6.26. The van der Waals surface area contributed by atoms with Crippen LogP contribution >= 0.6 is 0 Å². The molecule has 4 rings (SSSR count). The summed E-state index contributed by atoms with van der Waals surface area (Å²) < 4.78 is 19.8. The Kier molecular flexibility index (Phi) is 6.04. The normalized spacial score (nSPS) is 23.9. The number of nitrogens with zero attached hydrogens (tertiary/aromatic N) is 3. The molecule has 158 valence electrons. The molecule has 29 heavy (non-hydrogen) atoms. The summed E-state index contributed by atoms with van der Waals surface area (Å²) in [6.07, 6.45) is 3.50. The molecule has 0 aromatic heterocycles. The van der Waals surface area contributed by atoms with Crippen LogP contribution in [0.25, 0.3) is 0 Å². The van der Waals surface area contributed by atoms with Gasteiger partial charge in [0.25, 0.3) is 5.91 Å². The van der Waals surface area contributed by atoms with Crippen molar-refractivity contribution < 1.29 is 13.9 Å². The van der Waals surface area contributed by atoms with Crippen LogP contribution in [0.2, 0.25) is 0 Å². The lowest BCUT2D eigenvalue weighted by atomic mass is 9.95. The Morgan fingerprint density at radius 1 is 1.24 bits per heavy atom. The van der Waals surface area contributed by atoms with Gasteiger partial charge < -0.3 is 19.9 Å². The van der Waals surface area contributed by atoms with Crippen LogP contribution in [0, 0.1) is 5.82 Å². The van der Waals surface area contributed by atoms with Crippen LogP contribution < -0.4 is 5.32 Å². The highest BCUT2D eigenvalue weighted by Gasteiger charge is 2.46. The predicted octanol–water partition coefficient (Wildman–Crippen LogP) is 2.15. The van der Waals surface area contributed by atoms with Crippen LogP contribution in [0.1, 0.15) is 38.2 Å². The van der Waals surface area contributed by atoms with Gasteiger partial charge in [0.15, 0.2) is 5.96 Å². The van der Waals surface area contributed by atoms with Crippen molar-refractivity contribution >= 4 is 11.9 Å². The zero-order chi connectivity index (χ0) is 20.3. The summed E-state index contributed by atoms with van der Waals surface area (Å²) in [5.74, 6) is 0.853. The first-order chi connectivity index (χ1) is 14.1. The molecule has 2 heterocycles. The number of amides is 1. The summed E-state index contributed by atoms with van der Waals surface area (Å²) in [5.41, 5.74) is 0.621. The molecule has 1 saturated carbocycles. The fourth-order valence-electron chi connectivity index (χ4n) is 4.32. The average Bonchev–Trinajstić information content (AvgIpc) is 3.32. The molecule has 0 spiro atoms. The monoisotopic (exact) mass is 402 g/mol. The number of piperazine rings is 1. The fourth-order valence-corrected chi connectivity index (χ4v) is 4.32. The standard InChI is InChI=1S/C22H31FN4O2/c1-2-24-21(25-16-22(9-10-22)17-6-3-4-7-18(17)23)27-13-11-26(12-14-27)20(28)19-8-5-15-29-19/h3-4,6-7,19H,2,5,8-16H2,1H3,(H,24,25). The molecule has 1 atom stereocenters. The predicted molar refractivity (Wildman–Crippen MR) is 110 cm³/mol. The Labute approximate surface area is 172 Å². The molecule has 1 aliphatic carbocycles. The highest BCUT2D eigenvalue weighted by molar-refractivity contribution is 5.83. The summed E-state index contributed by atoms with van der Waals surface area (Å²) in [6, 6.07) is 7.06. The van der Waals surface area contributed by atoms with Crippen molar-refractivity contribution in [3.05, 3.63) is 35.6 Å². The van der Waals surface area contributed by atoms with E-state index < -0.39 is 0 Å². The number of hydrogen-bond donors (Lipinski definition) is 1. The number of benzene rings is 1. The largest absolute Gasteiger partial charge is 0.368 e. The number of hydrogen-bond acceptors (Lipinski definition) is 3. The van der Waals surface area contributed by atoms with Gasteiger partial charge >= 0.3 is 0 Å². The first kappa shape index (κ1) is 20.1. The Balaban J connectivity index is 1.38. The first-order valence-corrected chi connectivity index (χ1v) is 10.8. The number of aliphatic imine (C=N–C) groups is 1. The topological polar surface area (TPSA) is 57.2 Å². The smallest absolute Gasteiger partial charge is 0.251 e. The second kappa shape index (κ2) is 8.69. The second-order valence-corrected chi connectivity index (χ2v) is 8.24. The number of carbonyl (C=O) groups excluding carboxylic acids is 1. The van der Waals surface area contributed by atoms with E-state index in [0.29, 0.717) is 26.2 Å². The van der Waals surface area contributed by atoms with Crippen LogP contribution in [-0.2, 0) is 14.9 Å². The van der Waals surface area contributed by atoms with Gasteiger partial charge in [-0.25, -0.2) is 4.39 Å². The number of ether oxygens (including phenoxy) is 1. The van der Waals surface area contributed by atoms with Crippen molar-refractivity contribution in [2.24, 2.45) is 4.99 Å². The molecule has 7 heteroatoms. The minimum absolute atomic E-state index is 0.126.